The molecule has 0 saturated heterocycles. The lowest BCUT2D eigenvalue weighted by molar-refractivity contribution is 0.363. The highest BCUT2D eigenvalue weighted by Gasteiger charge is 2.03. The van der Waals surface area contributed by atoms with Crippen LogP contribution < -0.4 is 4.74 Å². The van der Waals surface area contributed by atoms with E-state index in [0.29, 0.717) is 6.61 Å². The molecule has 0 spiro atoms. The van der Waals surface area contributed by atoms with Gasteiger partial charge in [-0.3, -0.25) is 0 Å². The third-order valence-electron chi connectivity index (χ3n) is 3.95. The van der Waals surface area contributed by atoms with Crippen molar-refractivity contribution in [3.8, 4) is 27.3 Å². The van der Waals surface area contributed by atoms with E-state index in [-0.39, 0.29) is 0 Å². The molecule has 0 aliphatic heterocycles. The van der Waals surface area contributed by atoms with Crippen LogP contribution in [0.25, 0.3) is 21.6 Å². The first-order chi connectivity index (χ1) is 11.8. The average Bonchev–Trinajstić information content (AvgIpc) is 3.12. The highest BCUT2D eigenvalue weighted by atomic mass is 32.1. The van der Waals surface area contributed by atoms with E-state index >= 15 is 0 Å². The second kappa shape index (κ2) is 7.98. The van der Waals surface area contributed by atoms with E-state index in [9.17, 15) is 0 Å². The van der Waals surface area contributed by atoms with E-state index < -0.39 is 0 Å². The molecule has 3 rings (SSSR count). The van der Waals surface area contributed by atoms with Crippen LogP contribution in [0, 0.1) is 0 Å². The van der Waals surface area contributed by atoms with Gasteiger partial charge >= 0.3 is 0 Å². The zero-order chi connectivity index (χ0) is 16.8. The van der Waals surface area contributed by atoms with Gasteiger partial charge in [-0.25, -0.2) is 0 Å². The van der Waals surface area contributed by atoms with Crippen molar-refractivity contribution < 1.29 is 4.74 Å². The lowest BCUT2D eigenvalue weighted by atomic mass is 10.0. The molecule has 0 unspecified atom stereocenters. The number of thiophene rings is 1. The van der Waals surface area contributed by atoms with Gasteiger partial charge in [0.25, 0.3) is 0 Å². The standard InChI is InChI=1S/C22H22OS/c1-3-5-16-23-20-12-10-18(11-13-20)17-6-8-19(9-7-17)22-15-14-21(4-2)24-22/h3,5-15H,4,16H2,1-2H3. The molecule has 0 bridgehead atoms. The van der Waals surface area contributed by atoms with Crippen LogP contribution >= 0.6 is 11.3 Å². The van der Waals surface area contributed by atoms with Gasteiger partial charge < -0.3 is 4.74 Å². The summed E-state index contributed by atoms with van der Waals surface area (Å²) >= 11 is 1.88. The molecular formula is C22H22OS. The maximum absolute atomic E-state index is 5.64. The van der Waals surface area contributed by atoms with E-state index in [0.717, 1.165) is 12.2 Å². The first-order valence-corrected chi connectivity index (χ1v) is 9.15. The molecule has 3 aromatic rings. The lowest BCUT2D eigenvalue weighted by Gasteiger charge is -2.06. The minimum atomic E-state index is 0.616. The second-order valence-electron chi connectivity index (χ2n) is 5.60. The Labute approximate surface area is 148 Å². The van der Waals surface area contributed by atoms with Crippen molar-refractivity contribution in [1.82, 2.24) is 0 Å². The highest BCUT2D eigenvalue weighted by Crippen LogP contribution is 2.30. The molecule has 0 radical (unpaired) electrons. The Balaban J connectivity index is 1.73. The summed E-state index contributed by atoms with van der Waals surface area (Å²) in [6.45, 7) is 4.81. The summed E-state index contributed by atoms with van der Waals surface area (Å²) in [4.78, 5) is 2.77. The SMILES string of the molecule is CC=CCOc1ccc(-c2ccc(-c3ccc(CC)s3)cc2)cc1. The molecule has 0 amide bonds. The van der Waals surface area contributed by atoms with Crippen molar-refractivity contribution in [1.29, 1.82) is 0 Å². The van der Waals surface area contributed by atoms with Crippen LogP contribution in [0.2, 0.25) is 0 Å². The maximum atomic E-state index is 5.64. The normalized spacial score (nSPS) is 11.1. The Hall–Kier alpha value is -2.32. The fourth-order valence-electron chi connectivity index (χ4n) is 2.53. The number of hydrogen-bond donors (Lipinski definition) is 0. The van der Waals surface area contributed by atoms with Crippen LogP contribution in [0.15, 0.2) is 72.8 Å². The van der Waals surface area contributed by atoms with Gasteiger partial charge in [0.1, 0.15) is 12.4 Å². The number of allylic oxidation sites excluding steroid dienone is 1. The first-order valence-electron chi connectivity index (χ1n) is 8.33. The summed E-state index contributed by atoms with van der Waals surface area (Å²) in [5.41, 5.74) is 3.72. The van der Waals surface area contributed by atoms with Gasteiger partial charge in [-0.15, -0.1) is 11.3 Å². The van der Waals surface area contributed by atoms with Gasteiger partial charge in [-0.1, -0.05) is 55.5 Å². The summed E-state index contributed by atoms with van der Waals surface area (Å²) in [6.07, 6.45) is 5.10. The van der Waals surface area contributed by atoms with Crippen LogP contribution in [0.4, 0.5) is 0 Å². The number of aryl methyl sites for hydroxylation is 1. The smallest absolute Gasteiger partial charge is 0.119 e. The molecule has 122 valence electrons. The van der Waals surface area contributed by atoms with Crippen molar-refractivity contribution in [3.05, 3.63) is 77.7 Å². The van der Waals surface area contributed by atoms with Gasteiger partial charge in [0, 0.05) is 9.75 Å². The quantitative estimate of drug-likeness (QED) is 0.461. The molecule has 0 aliphatic carbocycles. The lowest BCUT2D eigenvalue weighted by Crippen LogP contribution is -1.92. The maximum Gasteiger partial charge on any atom is 0.119 e. The number of rotatable bonds is 6. The molecule has 0 N–H and O–H groups in total. The summed E-state index contributed by atoms with van der Waals surface area (Å²) < 4.78 is 5.64. The molecule has 2 aromatic carbocycles. The molecule has 0 fully saturated rings. The molecule has 24 heavy (non-hydrogen) atoms. The van der Waals surface area contributed by atoms with E-state index in [1.54, 1.807) is 0 Å². The molecule has 1 aromatic heterocycles. The molecule has 1 nitrogen and oxygen atoms in total. The molecule has 0 aliphatic rings. The topological polar surface area (TPSA) is 9.23 Å². The summed E-state index contributed by atoms with van der Waals surface area (Å²) in [7, 11) is 0. The Bertz CT molecular complexity index is 795. The summed E-state index contributed by atoms with van der Waals surface area (Å²) in [6, 6.07) is 21.5. The molecule has 0 saturated carbocycles. The zero-order valence-corrected chi connectivity index (χ0v) is 15.0. The molecule has 0 atom stereocenters. The van der Waals surface area contributed by atoms with Crippen molar-refractivity contribution in [2.24, 2.45) is 0 Å². The van der Waals surface area contributed by atoms with Crippen molar-refractivity contribution in [3.63, 3.8) is 0 Å². The summed E-state index contributed by atoms with van der Waals surface area (Å²) in [5, 5.41) is 0. The van der Waals surface area contributed by atoms with Crippen LogP contribution in [-0.4, -0.2) is 6.61 Å². The number of ether oxygens (including phenoxy) is 1. The minimum absolute atomic E-state index is 0.616. The monoisotopic (exact) mass is 334 g/mol. The van der Waals surface area contributed by atoms with Gasteiger partial charge in [0.2, 0.25) is 0 Å². The van der Waals surface area contributed by atoms with E-state index in [2.05, 4.69) is 55.5 Å². The Morgan fingerprint density at radius 2 is 1.46 bits per heavy atom. The second-order valence-corrected chi connectivity index (χ2v) is 6.77. The molecular weight excluding hydrogens is 312 g/mol. The van der Waals surface area contributed by atoms with Gasteiger partial charge in [0.15, 0.2) is 0 Å². The minimum Gasteiger partial charge on any atom is -0.490 e. The Morgan fingerprint density at radius 1 is 0.833 bits per heavy atom. The predicted molar refractivity (Wildman–Crippen MR) is 105 cm³/mol. The first kappa shape index (κ1) is 16.5. The Kier molecular flexibility index (Phi) is 5.50. The van der Waals surface area contributed by atoms with Crippen molar-refractivity contribution in [2.45, 2.75) is 20.3 Å². The highest BCUT2D eigenvalue weighted by molar-refractivity contribution is 7.15. The molecule has 1 heterocycles. The van der Waals surface area contributed by atoms with Gasteiger partial charge in [-0.05, 0) is 54.3 Å². The third kappa shape index (κ3) is 3.95. The van der Waals surface area contributed by atoms with E-state index in [1.807, 2.05) is 42.5 Å². The van der Waals surface area contributed by atoms with Crippen LogP contribution in [0.3, 0.4) is 0 Å². The van der Waals surface area contributed by atoms with Crippen LogP contribution in [-0.2, 0) is 6.42 Å². The Morgan fingerprint density at radius 3 is 2.04 bits per heavy atom. The van der Waals surface area contributed by atoms with Crippen molar-refractivity contribution >= 4 is 11.3 Å². The summed E-state index contributed by atoms with van der Waals surface area (Å²) in [5.74, 6) is 0.902. The largest absolute Gasteiger partial charge is 0.490 e. The predicted octanol–water partition coefficient (Wildman–Crippen LogP) is 6.60. The van der Waals surface area contributed by atoms with Crippen LogP contribution in [0.1, 0.15) is 18.7 Å². The number of benzene rings is 2. The van der Waals surface area contributed by atoms with E-state index in [4.69, 9.17) is 4.74 Å². The number of hydrogen-bond acceptors (Lipinski definition) is 2. The van der Waals surface area contributed by atoms with E-state index in [1.165, 1.54) is 26.4 Å². The van der Waals surface area contributed by atoms with Crippen LogP contribution in [0.5, 0.6) is 5.75 Å². The zero-order valence-electron chi connectivity index (χ0n) is 14.2. The van der Waals surface area contributed by atoms with Gasteiger partial charge in [0.05, 0.1) is 0 Å². The molecule has 2 heteroatoms. The average molecular weight is 334 g/mol. The fraction of sp³-hybridized carbons (Fsp3) is 0.182. The third-order valence-corrected chi connectivity index (χ3v) is 5.23. The van der Waals surface area contributed by atoms with Crippen molar-refractivity contribution in [2.75, 3.05) is 6.61 Å². The fourth-order valence-corrected chi connectivity index (χ4v) is 3.49. The van der Waals surface area contributed by atoms with Gasteiger partial charge in [-0.2, -0.15) is 0 Å².